The van der Waals surface area contributed by atoms with E-state index >= 15 is 0 Å². The van der Waals surface area contributed by atoms with Gasteiger partial charge in [0.1, 0.15) is 5.41 Å². The van der Waals surface area contributed by atoms with Crippen LogP contribution in [0, 0.1) is 5.41 Å². The Labute approximate surface area is 128 Å². The fourth-order valence-corrected chi connectivity index (χ4v) is 3.25. The maximum atomic E-state index is 12.9. The van der Waals surface area contributed by atoms with Crippen molar-refractivity contribution in [2.45, 2.75) is 52.5 Å². The smallest absolute Gasteiger partial charge is 0.236 e. The van der Waals surface area contributed by atoms with Crippen LogP contribution in [0.5, 0.6) is 0 Å². The van der Waals surface area contributed by atoms with E-state index in [9.17, 15) is 4.79 Å². The zero-order chi connectivity index (χ0) is 16.0. The number of oxime groups is 1. The summed E-state index contributed by atoms with van der Waals surface area (Å²) in [6.45, 7) is 9.08. The highest BCUT2D eigenvalue weighted by molar-refractivity contribution is 6.06. The Morgan fingerprint density at radius 3 is 2.24 bits per heavy atom. The molecule has 0 atom stereocenters. The lowest BCUT2D eigenvalue weighted by Gasteiger charge is -2.40. The van der Waals surface area contributed by atoms with Crippen molar-refractivity contribution in [2.75, 3.05) is 26.7 Å². The van der Waals surface area contributed by atoms with Crippen LogP contribution in [-0.4, -0.2) is 59.5 Å². The van der Waals surface area contributed by atoms with Gasteiger partial charge in [0.15, 0.2) is 5.84 Å². The maximum Gasteiger partial charge on any atom is 0.236 e. The van der Waals surface area contributed by atoms with E-state index < -0.39 is 5.41 Å². The van der Waals surface area contributed by atoms with Crippen molar-refractivity contribution >= 4 is 11.7 Å². The van der Waals surface area contributed by atoms with E-state index in [0.29, 0.717) is 12.8 Å². The van der Waals surface area contributed by atoms with Gasteiger partial charge in [-0.05, 0) is 32.2 Å². The normalized spacial score (nSPS) is 18.8. The van der Waals surface area contributed by atoms with E-state index in [1.54, 1.807) is 0 Å². The molecule has 1 rings (SSSR count). The molecule has 1 amide bonds. The minimum absolute atomic E-state index is 0.0235. The molecule has 0 saturated carbocycles. The van der Waals surface area contributed by atoms with Gasteiger partial charge in [0.05, 0.1) is 0 Å². The van der Waals surface area contributed by atoms with Gasteiger partial charge in [-0.3, -0.25) is 4.79 Å². The average molecular weight is 298 g/mol. The Bertz CT molecular complexity index is 372. The molecule has 1 aliphatic rings. The minimum atomic E-state index is -0.884. The summed E-state index contributed by atoms with van der Waals surface area (Å²) in [5.74, 6) is -0.00640. The third kappa shape index (κ3) is 3.48. The van der Waals surface area contributed by atoms with E-state index in [0.717, 1.165) is 32.5 Å². The molecular weight excluding hydrogens is 268 g/mol. The predicted molar refractivity (Wildman–Crippen MR) is 84.3 cm³/mol. The van der Waals surface area contributed by atoms with Gasteiger partial charge < -0.3 is 20.7 Å². The summed E-state index contributed by atoms with van der Waals surface area (Å²) < 4.78 is 0. The summed E-state index contributed by atoms with van der Waals surface area (Å²) in [7, 11) is 1.85. The molecular formula is C15H30N4O2. The van der Waals surface area contributed by atoms with Gasteiger partial charge >= 0.3 is 0 Å². The minimum Gasteiger partial charge on any atom is -0.409 e. The fourth-order valence-electron chi connectivity index (χ4n) is 3.25. The maximum absolute atomic E-state index is 12.9. The third-order valence-corrected chi connectivity index (χ3v) is 5.09. The van der Waals surface area contributed by atoms with Crippen molar-refractivity contribution in [2.24, 2.45) is 16.3 Å². The zero-order valence-corrected chi connectivity index (χ0v) is 13.8. The molecule has 0 spiro atoms. The summed E-state index contributed by atoms with van der Waals surface area (Å²) in [6, 6.07) is 0.240. The molecule has 1 heterocycles. The lowest BCUT2D eigenvalue weighted by atomic mass is 9.79. The Morgan fingerprint density at radius 2 is 1.86 bits per heavy atom. The van der Waals surface area contributed by atoms with E-state index in [1.807, 2.05) is 25.8 Å². The number of carbonyl (C=O) groups is 1. The molecule has 1 fully saturated rings. The number of amidine groups is 1. The molecule has 0 radical (unpaired) electrons. The Hall–Kier alpha value is -1.30. The van der Waals surface area contributed by atoms with Crippen LogP contribution in [0.1, 0.15) is 46.5 Å². The van der Waals surface area contributed by atoms with Crippen LogP contribution in [0.15, 0.2) is 5.16 Å². The van der Waals surface area contributed by atoms with Gasteiger partial charge in [-0.15, -0.1) is 0 Å². The number of hydrogen-bond acceptors (Lipinski definition) is 4. The second-order valence-corrected chi connectivity index (χ2v) is 5.86. The largest absolute Gasteiger partial charge is 0.409 e. The summed E-state index contributed by atoms with van der Waals surface area (Å²) in [6.07, 6.45) is 3.04. The standard InChI is InChI=1S/C15H30N4O2/c1-5-15(6-2,13(16)17-21)14(20)18(4)12-8-10-19(7-3)11-9-12/h12,21H,5-11H2,1-4H3,(H2,16,17). The van der Waals surface area contributed by atoms with Crippen LogP contribution in [0.3, 0.4) is 0 Å². The fraction of sp³-hybridized carbons (Fsp3) is 0.867. The van der Waals surface area contributed by atoms with Crippen LogP contribution < -0.4 is 5.73 Å². The highest BCUT2D eigenvalue weighted by Gasteiger charge is 2.43. The van der Waals surface area contributed by atoms with Crippen LogP contribution in [0.2, 0.25) is 0 Å². The second-order valence-electron chi connectivity index (χ2n) is 5.86. The Kier molecular flexibility index (Phi) is 6.45. The van der Waals surface area contributed by atoms with E-state index in [-0.39, 0.29) is 17.8 Å². The SMILES string of the molecule is CCN1CCC(N(C)C(=O)C(CC)(CC)C(N)=NO)CC1. The van der Waals surface area contributed by atoms with Gasteiger partial charge in [-0.1, -0.05) is 25.9 Å². The molecule has 0 bridgehead atoms. The monoisotopic (exact) mass is 298 g/mol. The zero-order valence-electron chi connectivity index (χ0n) is 13.8. The lowest BCUT2D eigenvalue weighted by Crippen LogP contribution is -2.54. The summed E-state index contributed by atoms with van der Waals surface area (Å²) in [5.41, 5.74) is 4.95. The van der Waals surface area contributed by atoms with Crippen molar-refractivity contribution in [1.82, 2.24) is 9.80 Å². The summed E-state index contributed by atoms with van der Waals surface area (Å²) >= 11 is 0. The van der Waals surface area contributed by atoms with Crippen LogP contribution in [0.25, 0.3) is 0 Å². The van der Waals surface area contributed by atoms with Gasteiger partial charge in [0.25, 0.3) is 0 Å². The number of nitrogens with two attached hydrogens (primary N) is 1. The topological polar surface area (TPSA) is 82.2 Å². The molecule has 0 aromatic carbocycles. The number of hydrogen-bond donors (Lipinski definition) is 2. The first-order valence-corrected chi connectivity index (χ1v) is 7.94. The quantitative estimate of drug-likeness (QED) is 0.337. The lowest BCUT2D eigenvalue weighted by molar-refractivity contribution is -0.140. The molecule has 0 aromatic rings. The molecule has 6 nitrogen and oxygen atoms in total. The Morgan fingerprint density at radius 1 is 1.33 bits per heavy atom. The van der Waals surface area contributed by atoms with E-state index in [4.69, 9.17) is 10.9 Å². The van der Waals surface area contributed by atoms with Gasteiger partial charge in [0, 0.05) is 26.2 Å². The van der Waals surface area contributed by atoms with Crippen LogP contribution >= 0.6 is 0 Å². The summed E-state index contributed by atoms with van der Waals surface area (Å²) in [5, 5.41) is 12.1. The first-order valence-electron chi connectivity index (χ1n) is 7.94. The van der Waals surface area contributed by atoms with Crippen molar-refractivity contribution in [3.8, 4) is 0 Å². The molecule has 0 unspecified atom stereocenters. The van der Waals surface area contributed by atoms with Gasteiger partial charge in [-0.25, -0.2) is 0 Å². The van der Waals surface area contributed by atoms with E-state index in [2.05, 4.69) is 17.0 Å². The molecule has 1 aliphatic heterocycles. The molecule has 21 heavy (non-hydrogen) atoms. The third-order valence-electron chi connectivity index (χ3n) is 5.09. The number of likely N-dealkylation sites (tertiary alicyclic amines) is 1. The van der Waals surface area contributed by atoms with Gasteiger partial charge in [0.2, 0.25) is 5.91 Å². The highest BCUT2D eigenvalue weighted by Crippen LogP contribution is 2.31. The average Bonchev–Trinajstić information content (AvgIpc) is 2.55. The molecule has 6 heteroatoms. The van der Waals surface area contributed by atoms with E-state index in [1.165, 1.54) is 0 Å². The highest BCUT2D eigenvalue weighted by atomic mass is 16.4. The number of nitrogens with zero attached hydrogens (tertiary/aromatic N) is 3. The molecule has 0 aromatic heterocycles. The predicted octanol–water partition coefficient (Wildman–Crippen LogP) is 1.48. The second kappa shape index (κ2) is 7.64. The van der Waals surface area contributed by atoms with Crippen molar-refractivity contribution < 1.29 is 10.0 Å². The number of rotatable bonds is 6. The molecule has 3 N–H and O–H groups in total. The Balaban J connectivity index is 2.85. The number of carbonyl (C=O) groups excluding carboxylic acids is 1. The number of piperidine rings is 1. The first-order chi connectivity index (χ1) is 9.96. The molecule has 122 valence electrons. The van der Waals surface area contributed by atoms with Gasteiger partial charge in [-0.2, -0.15) is 0 Å². The van der Waals surface area contributed by atoms with Crippen molar-refractivity contribution in [3.05, 3.63) is 0 Å². The molecule has 0 aliphatic carbocycles. The molecule has 1 saturated heterocycles. The van der Waals surface area contributed by atoms with Crippen LogP contribution in [-0.2, 0) is 4.79 Å². The van der Waals surface area contributed by atoms with Crippen molar-refractivity contribution in [3.63, 3.8) is 0 Å². The van der Waals surface area contributed by atoms with Crippen LogP contribution in [0.4, 0.5) is 0 Å². The van der Waals surface area contributed by atoms with Crippen molar-refractivity contribution in [1.29, 1.82) is 0 Å². The number of amides is 1. The summed E-state index contributed by atoms with van der Waals surface area (Å²) in [4.78, 5) is 17.1. The first kappa shape index (κ1) is 17.8.